The van der Waals surface area contributed by atoms with Crippen LogP contribution in [-0.2, 0) is 14.3 Å². The van der Waals surface area contributed by atoms with Crippen LogP contribution in [0.1, 0.15) is 18.1 Å². The Hall–Kier alpha value is -2.88. The smallest absolute Gasteiger partial charge is 0.339 e. The van der Waals surface area contributed by atoms with Gasteiger partial charge >= 0.3 is 5.97 Å². The summed E-state index contributed by atoms with van der Waals surface area (Å²) in [5, 5.41) is 0. The zero-order valence-electron chi connectivity index (χ0n) is 13.1. The Morgan fingerprint density at radius 1 is 1.00 bits per heavy atom. The molecule has 0 aliphatic rings. The molecule has 0 N–H and O–H groups in total. The molecule has 0 aliphatic carbocycles. The van der Waals surface area contributed by atoms with Gasteiger partial charge in [-0.2, -0.15) is 0 Å². The molecular weight excluding hydrogens is 292 g/mol. The first-order chi connectivity index (χ1) is 11.1. The highest BCUT2D eigenvalue weighted by Crippen LogP contribution is 2.25. The highest BCUT2D eigenvalue weighted by atomic mass is 16.5. The number of carbonyl (C=O) groups excluding carboxylic acids is 2. The van der Waals surface area contributed by atoms with E-state index in [1.165, 1.54) is 6.92 Å². The summed E-state index contributed by atoms with van der Waals surface area (Å²) in [6.45, 7) is 1.13. The van der Waals surface area contributed by atoms with Gasteiger partial charge in [-0.15, -0.1) is 0 Å². The minimum atomic E-state index is -0.544. The Kier molecular flexibility index (Phi) is 5.69. The van der Waals surface area contributed by atoms with Crippen LogP contribution in [0.5, 0.6) is 5.75 Å². The molecule has 0 saturated carbocycles. The van der Waals surface area contributed by atoms with Crippen LogP contribution in [0.3, 0.4) is 0 Å². The van der Waals surface area contributed by atoms with Crippen LogP contribution < -0.4 is 4.74 Å². The van der Waals surface area contributed by atoms with Crippen molar-refractivity contribution in [3.8, 4) is 5.75 Å². The highest BCUT2D eigenvalue weighted by molar-refractivity contribution is 6.22. The van der Waals surface area contributed by atoms with E-state index in [9.17, 15) is 9.59 Å². The fourth-order valence-corrected chi connectivity index (χ4v) is 2.06. The van der Waals surface area contributed by atoms with Gasteiger partial charge in [0, 0.05) is 5.56 Å². The molecular formula is C19H18O4. The maximum atomic E-state index is 12.4. The topological polar surface area (TPSA) is 52.6 Å². The third-order valence-electron chi connectivity index (χ3n) is 3.15. The Balaban J connectivity index is 2.43. The van der Waals surface area contributed by atoms with Gasteiger partial charge in [0.1, 0.15) is 12.4 Å². The van der Waals surface area contributed by atoms with E-state index in [0.717, 1.165) is 5.56 Å². The summed E-state index contributed by atoms with van der Waals surface area (Å²) in [5.41, 5.74) is 1.84. The summed E-state index contributed by atoms with van der Waals surface area (Å²) in [6.07, 6.45) is 1.70. The van der Waals surface area contributed by atoms with Crippen molar-refractivity contribution in [2.24, 2.45) is 0 Å². The van der Waals surface area contributed by atoms with Crippen molar-refractivity contribution in [3.05, 3.63) is 65.7 Å². The Morgan fingerprint density at radius 3 is 2.30 bits per heavy atom. The number of rotatable bonds is 6. The van der Waals surface area contributed by atoms with Crippen molar-refractivity contribution >= 4 is 23.4 Å². The molecule has 2 rings (SSSR count). The summed E-state index contributed by atoms with van der Waals surface area (Å²) in [7, 11) is 1.57. The number of benzene rings is 2. The van der Waals surface area contributed by atoms with Gasteiger partial charge in [0.2, 0.25) is 0 Å². The van der Waals surface area contributed by atoms with E-state index >= 15 is 0 Å². The molecule has 118 valence electrons. The average Bonchev–Trinajstić information content (AvgIpc) is 2.58. The minimum absolute atomic E-state index is 0.206. The zero-order chi connectivity index (χ0) is 16.7. The van der Waals surface area contributed by atoms with Gasteiger partial charge in [-0.3, -0.25) is 4.79 Å². The van der Waals surface area contributed by atoms with Crippen molar-refractivity contribution in [2.75, 3.05) is 13.7 Å². The molecule has 0 bridgehead atoms. The van der Waals surface area contributed by atoms with Crippen LogP contribution in [0.15, 0.2) is 54.6 Å². The fraction of sp³-hybridized carbons (Fsp3) is 0.158. The summed E-state index contributed by atoms with van der Waals surface area (Å²) in [4.78, 5) is 23.4. The third-order valence-corrected chi connectivity index (χ3v) is 3.15. The van der Waals surface area contributed by atoms with Crippen molar-refractivity contribution in [3.63, 3.8) is 0 Å². The quantitative estimate of drug-likeness (QED) is 0.466. The van der Waals surface area contributed by atoms with E-state index in [0.29, 0.717) is 16.9 Å². The summed E-state index contributed by atoms with van der Waals surface area (Å²) in [5.74, 6) is -0.0966. The molecule has 0 atom stereocenters. The first-order valence-corrected chi connectivity index (χ1v) is 7.18. The predicted octanol–water partition coefficient (Wildman–Crippen LogP) is 3.37. The standard InChI is InChI=1S/C19H18O4/c1-14(20)13-23-19(21)17(15-8-4-3-5-9-15)12-16-10-6-7-11-18(16)22-2/h3-12H,13H2,1-2H3/b17-12+. The normalized spacial score (nSPS) is 11.0. The molecule has 0 radical (unpaired) electrons. The number of hydrogen-bond donors (Lipinski definition) is 0. The molecule has 0 amide bonds. The van der Waals surface area contributed by atoms with Crippen molar-refractivity contribution in [1.82, 2.24) is 0 Å². The van der Waals surface area contributed by atoms with Gasteiger partial charge in [0.15, 0.2) is 5.78 Å². The largest absolute Gasteiger partial charge is 0.496 e. The lowest BCUT2D eigenvalue weighted by atomic mass is 10.0. The molecule has 0 unspecified atom stereocenters. The van der Waals surface area contributed by atoms with E-state index in [4.69, 9.17) is 9.47 Å². The fourth-order valence-electron chi connectivity index (χ4n) is 2.06. The lowest BCUT2D eigenvalue weighted by Gasteiger charge is -2.10. The predicted molar refractivity (Wildman–Crippen MR) is 88.9 cm³/mol. The van der Waals surface area contributed by atoms with E-state index < -0.39 is 5.97 Å². The van der Waals surface area contributed by atoms with Gasteiger partial charge in [-0.05, 0) is 24.6 Å². The number of carbonyl (C=O) groups is 2. The maximum absolute atomic E-state index is 12.4. The monoisotopic (exact) mass is 310 g/mol. The Bertz CT molecular complexity index is 717. The van der Waals surface area contributed by atoms with Gasteiger partial charge in [0.05, 0.1) is 12.7 Å². The first-order valence-electron chi connectivity index (χ1n) is 7.18. The molecule has 0 fully saturated rings. The van der Waals surface area contributed by atoms with E-state index in [2.05, 4.69) is 0 Å². The Labute approximate surface area is 135 Å². The lowest BCUT2D eigenvalue weighted by Crippen LogP contribution is -2.12. The number of para-hydroxylation sites is 1. The van der Waals surface area contributed by atoms with Crippen molar-refractivity contribution in [1.29, 1.82) is 0 Å². The number of ether oxygens (including phenoxy) is 2. The molecule has 2 aromatic rings. The molecule has 4 heteroatoms. The molecule has 2 aromatic carbocycles. The average molecular weight is 310 g/mol. The second-order valence-electron chi connectivity index (χ2n) is 4.94. The van der Waals surface area contributed by atoms with Crippen LogP contribution in [0.4, 0.5) is 0 Å². The SMILES string of the molecule is COc1ccccc1/C=C(/C(=O)OCC(C)=O)c1ccccc1. The molecule has 23 heavy (non-hydrogen) atoms. The van der Waals surface area contributed by atoms with E-state index in [1.54, 1.807) is 13.2 Å². The number of hydrogen-bond acceptors (Lipinski definition) is 4. The first kappa shape index (κ1) is 16.5. The molecule has 0 spiro atoms. The molecule has 0 saturated heterocycles. The van der Waals surface area contributed by atoms with Gasteiger partial charge < -0.3 is 9.47 Å². The number of Topliss-reactive ketones (excluding diaryl/α,β-unsaturated/α-hetero) is 1. The maximum Gasteiger partial charge on any atom is 0.339 e. The highest BCUT2D eigenvalue weighted by Gasteiger charge is 2.15. The van der Waals surface area contributed by atoms with Crippen LogP contribution in [-0.4, -0.2) is 25.5 Å². The van der Waals surface area contributed by atoms with Crippen LogP contribution >= 0.6 is 0 Å². The summed E-state index contributed by atoms with van der Waals surface area (Å²) < 4.78 is 10.4. The van der Waals surface area contributed by atoms with E-state index in [-0.39, 0.29) is 12.4 Å². The van der Waals surface area contributed by atoms with Crippen molar-refractivity contribution < 1.29 is 19.1 Å². The number of esters is 1. The van der Waals surface area contributed by atoms with Crippen LogP contribution in [0, 0.1) is 0 Å². The van der Waals surface area contributed by atoms with Crippen LogP contribution in [0.25, 0.3) is 11.6 Å². The second kappa shape index (κ2) is 7.94. The van der Waals surface area contributed by atoms with Gasteiger partial charge in [-0.25, -0.2) is 4.79 Å². The lowest BCUT2D eigenvalue weighted by molar-refractivity contribution is -0.141. The summed E-state index contributed by atoms with van der Waals surface area (Å²) >= 11 is 0. The van der Waals surface area contributed by atoms with Gasteiger partial charge in [0.25, 0.3) is 0 Å². The number of methoxy groups -OCH3 is 1. The zero-order valence-corrected chi connectivity index (χ0v) is 13.1. The van der Waals surface area contributed by atoms with Gasteiger partial charge in [-0.1, -0.05) is 48.5 Å². The van der Waals surface area contributed by atoms with Crippen LogP contribution in [0.2, 0.25) is 0 Å². The number of ketones is 1. The minimum Gasteiger partial charge on any atom is -0.496 e. The second-order valence-corrected chi connectivity index (χ2v) is 4.94. The van der Waals surface area contributed by atoms with E-state index in [1.807, 2.05) is 54.6 Å². The molecule has 0 aliphatic heterocycles. The van der Waals surface area contributed by atoms with Crippen molar-refractivity contribution in [2.45, 2.75) is 6.92 Å². The Morgan fingerprint density at radius 2 is 1.65 bits per heavy atom. The third kappa shape index (κ3) is 4.54. The summed E-state index contributed by atoms with van der Waals surface area (Å²) in [6, 6.07) is 16.5. The molecule has 0 aromatic heterocycles. The molecule has 4 nitrogen and oxygen atoms in total. The molecule has 0 heterocycles.